The topological polar surface area (TPSA) is 121 Å². The Morgan fingerprint density at radius 3 is 2.62 bits per heavy atom. The summed E-state index contributed by atoms with van der Waals surface area (Å²) in [6.45, 7) is 0.273. The maximum absolute atomic E-state index is 12.5. The summed E-state index contributed by atoms with van der Waals surface area (Å²) in [4.78, 5) is 28.5. The predicted octanol–water partition coefficient (Wildman–Crippen LogP) is 3.31. The number of nitrogens with one attached hydrogen (secondary N) is 1. The molecule has 2 heterocycles. The molecule has 4 rings (SSSR count). The van der Waals surface area contributed by atoms with E-state index in [9.17, 15) is 9.59 Å². The second-order valence-corrected chi connectivity index (χ2v) is 8.39. The van der Waals surface area contributed by atoms with Gasteiger partial charge in [-0.25, -0.2) is 4.68 Å². The lowest BCUT2D eigenvalue weighted by atomic mass is 10.1. The number of methoxy groups -OCH3 is 1. The molecule has 0 saturated carbocycles. The minimum atomic E-state index is -0.771. The molecule has 190 valence electrons. The maximum Gasteiger partial charge on any atom is 0.240 e. The van der Waals surface area contributed by atoms with Gasteiger partial charge in [0.15, 0.2) is 0 Å². The number of pyridine rings is 1. The lowest BCUT2D eigenvalue weighted by Crippen LogP contribution is -2.45. The van der Waals surface area contributed by atoms with Gasteiger partial charge in [0.25, 0.3) is 0 Å². The van der Waals surface area contributed by atoms with E-state index in [1.807, 2.05) is 72.8 Å². The number of carbonyl (C=O) groups is 2. The van der Waals surface area contributed by atoms with E-state index in [1.165, 1.54) is 0 Å². The summed E-state index contributed by atoms with van der Waals surface area (Å²) in [7, 11) is 1.61. The average molecular weight is 500 g/mol. The third kappa shape index (κ3) is 6.94. The Hall–Kier alpha value is -4.66. The molecule has 0 aliphatic heterocycles. The number of nitrogens with zero attached hydrogens (tertiary/aromatic N) is 3. The first-order valence-electron chi connectivity index (χ1n) is 11.9. The molecule has 4 aromatic rings. The monoisotopic (exact) mass is 499 g/mol. The SMILES string of the molecule is COc1cccc(-n2nc(-c3cccnc3)cc2OCCCC(=O)N[C@@H](Cc2ccccc2)C(N)=O)c1. The highest BCUT2D eigenvalue weighted by molar-refractivity contribution is 5.86. The Kier molecular flexibility index (Phi) is 8.49. The van der Waals surface area contributed by atoms with E-state index >= 15 is 0 Å². The highest BCUT2D eigenvalue weighted by atomic mass is 16.5. The van der Waals surface area contributed by atoms with Gasteiger partial charge in [-0.15, -0.1) is 0 Å². The van der Waals surface area contributed by atoms with E-state index in [0.29, 0.717) is 30.2 Å². The van der Waals surface area contributed by atoms with Crippen LogP contribution in [0.5, 0.6) is 11.6 Å². The van der Waals surface area contributed by atoms with Crippen molar-refractivity contribution in [3.8, 4) is 28.6 Å². The zero-order valence-corrected chi connectivity index (χ0v) is 20.5. The molecule has 37 heavy (non-hydrogen) atoms. The molecule has 0 saturated heterocycles. The Balaban J connectivity index is 1.39. The van der Waals surface area contributed by atoms with Crippen LogP contribution in [0.2, 0.25) is 0 Å². The molecule has 0 fully saturated rings. The number of hydrogen-bond donors (Lipinski definition) is 2. The van der Waals surface area contributed by atoms with Crippen LogP contribution in [0.3, 0.4) is 0 Å². The van der Waals surface area contributed by atoms with Gasteiger partial charge < -0.3 is 20.5 Å². The summed E-state index contributed by atoms with van der Waals surface area (Å²) in [5.41, 5.74) is 8.75. The van der Waals surface area contributed by atoms with Crippen LogP contribution in [0.25, 0.3) is 16.9 Å². The highest BCUT2D eigenvalue weighted by Crippen LogP contribution is 2.27. The van der Waals surface area contributed by atoms with Crippen molar-refractivity contribution in [3.63, 3.8) is 0 Å². The summed E-state index contributed by atoms with van der Waals surface area (Å²) in [6.07, 6.45) is 4.40. The molecule has 0 unspecified atom stereocenters. The first kappa shape index (κ1) is 25.4. The second kappa shape index (κ2) is 12.3. The predicted molar refractivity (Wildman–Crippen MR) is 139 cm³/mol. The quantitative estimate of drug-likeness (QED) is 0.289. The van der Waals surface area contributed by atoms with Gasteiger partial charge in [-0.2, -0.15) is 5.10 Å². The van der Waals surface area contributed by atoms with Gasteiger partial charge >= 0.3 is 0 Å². The third-order valence-electron chi connectivity index (χ3n) is 5.69. The second-order valence-electron chi connectivity index (χ2n) is 8.39. The van der Waals surface area contributed by atoms with Gasteiger partial charge in [0, 0.05) is 42.9 Å². The number of ether oxygens (including phenoxy) is 2. The lowest BCUT2D eigenvalue weighted by Gasteiger charge is -2.16. The first-order valence-corrected chi connectivity index (χ1v) is 11.9. The van der Waals surface area contributed by atoms with Gasteiger partial charge in [-0.1, -0.05) is 36.4 Å². The fourth-order valence-corrected chi connectivity index (χ4v) is 3.80. The highest BCUT2D eigenvalue weighted by Gasteiger charge is 2.19. The van der Waals surface area contributed by atoms with Gasteiger partial charge in [0.1, 0.15) is 11.8 Å². The Morgan fingerprint density at radius 1 is 1.05 bits per heavy atom. The van der Waals surface area contributed by atoms with E-state index in [-0.39, 0.29) is 18.9 Å². The van der Waals surface area contributed by atoms with Crippen molar-refractivity contribution in [1.29, 1.82) is 0 Å². The lowest BCUT2D eigenvalue weighted by molar-refractivity contribution is -0.127. The summed E-state index contributed by atoms with van der Waals surface area (Å²) < 4.78 is 13.1. The normalized spacial score (nSPS) is 11.5. The molecule has 9 nitrogen and oxygen atoms in total. The molecule has 3 N–H and O–H groups in total. The van der Waals surface area contributed by atoms with Crippen molar-refractivity contribution < 1.29 is 19.1 Å². The number of amides is 2. The Morgan fingerprint density at radius 2 is 1.89 bits per heavy atom. The number of benzene rings is 2. The molecule has 1 atom stereocenters. The molecular weight excluding hydrogens is 470 g/mol. The molecule has 0 aliphatic carbocycles. The number of rotatable bonds is 12. The van der Waals surface area contributed by atoms with Crippen LogP contribution in [-0.4, -0.2) is 46.3 Å². The van der Waals surface area contributed by atoms with Crippen molar-refractivity contribution in [1.82, 2.24) is 20.1 Å². The van der Waals surface area contributed by atoms with E-state index < -0.39 is 11.9 Å². The maximum atomic E-state index is 12.5. The largest absolute Gasteiger partial charge is 0.497 e. The van der Waals surface area contributed by atoms with Crippen molar-refractivity contribution in [2.75, 3.05) is 13.7 Å². The Bertz CT molecular complexity index is 1320. The molecular formula is C28H29N5O4. The van der Waals surface area contributed by atoms with Crippen LogP contribution < -0.4 is 20.5 Å². The van der Waals surface area contributed by atoms with Crippen LogP contribution >= 0.6 is 0 Å². The Labute approximate surface area is 215 Å². The van der Waals surface area contributed by atoms with Crippen LogP contribution in [0, 0.1) is 0 Å². The number of hydrogen-bond acceptors (Lipinski definition) is 6. The molecule has 0 spiro atoms. The fraction of sp³-hybridized carbons (Fsp3) is 0.214. The molecule has 2 amide bonds. The number of aromatic nitrogens is 3. The zero-order valence-electron chi connectivity index (χ0n) is 20.5. The minimum Gasteiger partial charge on any atom is -0.497 e. The van der Waals surface area contributed by atoms with E-state index in [4.69, 9.17) is 20.3 Å². The standard InChI is InChI=1S/C28H29N5O4/c1-36-23-12-5-11-22(17-23)33-27(18-24(32-33)21-10-6-14-30-19-21)37-15-7-13-26(34)31-25(28(29)35)16-20-8-3-2-4-9-20/h2-6,8-12,14,17-19,25H,7,13,15-16H2,1H3,(H2,29,35)(H,31,34)/t25-/m0/s1. The molecule has 0 bridgehead atoms. The molecule has 0 radical (unpaired) electrons. The van der Waals surface area contributed by atoms with E-state index in [2.05, 4.69) is 10.3 Å². The zero-order chi connectivity index (χ0) is 26.0. The fourth-order valence-electron chi connectivity index (χ4n) is 3.80. The van der Waals surface area contributed by atoms with E-state index in [1.54, 1.807) is 24.2 Å². The molecule has 2 aromatic carbocycles. The van der Waals surface area contributed by atoms with Gasteiger partial charge in [-0.05, 0) is 36.2 Å². The van der Waals surface area contributed by atoms with E-state index in [0.717, 1.165) is 16.8 Å². The molecule has 9 heteroatoms. The van der Waals surface area contributed by atoms with Crippen molar-refractivity contribution in [2.24, 2.45) is 5.73 Å². The third-order valence-corrected chi connectivity index (χ3v) is 5.69. The summed E-state index contributed by atoms with van der Waals surface area (Å²) in [5, 5.41) is 7.44. The minimum absolute atomic E-state index is 0.182. The first-order chi connectivity index (χ1) is 18.0. The van der Waals surface area contributed by atoms with Gasteiger partial charge in [0.2, 0.25) is 17.7 Å². The smallest absolute Gasteiger partial charge is 0.240 e. The van der Waals surface area contributed by atoms with Crippen LogP contribution in [0.4, 0.5) is 0 Å². The summed E-state index contributed by atoms with van der Waals surface area (Å²) >= 11 is 0. The molecule has 0 aliphatic rings. The van der Waals surface area contributed by atoms with Crippen LogP contribution in [-0.2, 0) is 16.0 Å². The van der Waals surface area contributed by atoms with Gasteiger partial charge in [-0.3, -0.25) is 14.6 Å². The van der Waals surface area contributed by atoms with Crippen molar-refractivity contribution in [2.45, 2.75) is 25.3 Å². The number of primary amides is 1. The summed E-state index contributed by atoms with van der Waals surface area (Å²) in [5.74, 6) is 0.379. The van der Waals surface area contributed by atoms with Crippen molar-refractivity contribution in [3.05, 3.63) is 90.8 Å². The number of nitrogens with two attached hydrogens (primary N) is 1. The van der Waals surface area contributed by atoms with Crippen LogP contribution in [0.15, 0.2) is 85.2 Å². The summed E-state index contributed by atoms with van der Waals surface area (Å²) in [6, 6.07) is 21.7. The van der Waals surface area contributed by atoms with Crippen molar-refractivity contribution >= 4 is 11.8 Å². The average Bonchev–Trinajstić information content (AvgIpc) is 3.36. The van der Waals surface area contributed by atoms with Crippen LogP contribution in [0.1, 0.15) is 18.4 Å². The molecule has 2 aromatic heterocycles. The van der Waals surface area contributed by atoms with Gasteiger partial charge in [0.05, 0.1) is 25.1 Å². The number of carbonyl (C=O) groups excluding carboxylic acids is 2.